The van der Waals surface area contributed by atoms with Gasteiger partial charge in [-0.15, -0.1) is 10.2 Å². The first kappa shape index (κ1) is 18.1. The molecule has 0 aliphatic heterocycles. The van der Waals surface area contributed by atoms with Gasteiger partial charge >= 0.3 is 0 Å². The van der Waals surface area contributed by atoms with Gasteiger partial charge in [-0.2, -0.15) is 0 Å². The van der Waals surface area contributed by atoms with Crippen LogP contribution in [0, 0.1) is 0 Å². The topological polar surface area (TPSA) is 54.9 Å². The van der Waals surface area contributed by atoms with E-state index in [0.717, 1.165) is 25.9 Å². The molecule has 0 radical (unpaired) electrons. The predicted octanol–water partition coefficient (Wildman–Crippen LogP) is 5.40. The molecule has 1 N–H and O–H groups in total. The third kappa shape index (κ3) is 5.39. The van der Waals surface area contributed by atoms with Gasteiger partial charge in [-0.25, -0.2) is 0 Å². The Morgan fingerprint density at radius 2 is 1.52 bits per heavy atom. The maximum Gasteiger partial charge on any atom is 0.234 e. The lowest BCUT2D eigenvalue weighted by Crippen LogP contribution is -2.14. The summed E-state index contributed by atoms with van der Waals surface area (Å²) in [6.45, 7) is 0. The van der Waals surface area contributed by atoms with Crippen molar-refractivity contribution in [1.82, 2.24) is 10.2 Å². The van der Waals surface area contributed by atoms with Gasteiger partial charge in [-0.1, -0.05) is 55.8 Å². The average molecular weight is 479 g/mol. The van der Waals surface area contributed by atoms with Gasteiger partial charge in [0.25, 0.3) is 0 Å². The molecule has 1 amide bonds. The number of halogens is 2. The highest BCUT2D eigenvalue weighted by molar-refractivity contribution is 9.10. The molecule has 3 rings (SSSR count). The largest absolute Gasteiger partial charge is 0.325 e. The third-order valence-electron chi connectivity index (χ3n) is 3.26. The molecule has 1 heterocycles. The van der Waals surface area contributed by atoms with E-state index in [1.165, 1.54) is 11.8 Å². The minimum absolute atomic E-state index is 0.0777. The van der Waals surface area contributed by atoms with Gasteiger partial charge in [0.1, 0.15) is 5.03 Å². The molecule has 1 aromatic heterocycles. The highest BCUT2D eigenvalue weighted by Crippen LogP contribution is 2.22. The summed E-state index contributed by atoms with van der Waals surface area (Å²) >= 11 is 8.13. The van der Waals surface area contributed by atoms with E-state index < -0.39 is 0 Å². The van der Waals surface area contributed by atoms with E-state index in [0.29, 0.717) is 5.03 Å². The number of hydrogen-bond acceptors (Lipinski definition) is 4. The van der Waals surface area contributed by atoms with E-state index in [1.54, 1.807) is 0 Å². The van der Waals surface area contributed by atoms with Crippen LogP contribution in [0.3, 0.4) is 0 Å². The van der Waals surface area contributed by atoms with Gasteiger partial charge in [0.15, 0.2) is 0 Å². The number of aromatic nitrogens is 2. The lowest BCUT2D eigenvalue weighted by Gasteiger charge is -2.05. The summed E-state index contributed by atoms with van der Waals surface area (Å²) in [7, 11) is 0. The molecule has 0 aliphatic carbocycles. The zero-order chi connectivity index (χ0) is 17.6. The Morgan fingerprint density at radius 3 is 2.12 bits per heavy atom. The molecule has 0 unspecified atom stereocenters. The summed E-state index contributed by atoms with van der Waals surface area (Å²) in [5.74, 6) is 0.202. The maximum atomic E-state index is 12.0. The van der Waals surface area contributed by atoms with Gasteiger partial charge in [0.2, 0.25) is 5.91 Å². The number of rotatable bonds is 5. The lowest BCUT2D eigenvalue weighted by atomic mass is 10.1. The molecule has 0 saturated heterocycles. The monoisotopic (exact) mass is 477 g/mol. The van der Waals surface area contributed by atoms with E-state index in [9.17, 15) is 4.79 Å². The number of carbonyl (C=O) groups excluding carboxylic acids is 1. The van der Waals surface area contributed by atoms with Crippen LogP contribution in [0.15, 0.2) is 74.6 Å². The molecule has 4 nitrogen and oxygen atoms in total. The summed E-state index contributed by atoms with van der Waals surface area (Å²) in [5, 5.41) is 12.0. The van der Waals surface area contributed by atoms with Crippen LogP contribution in [-0.4, -0.2) is 21.9 Å². The molecular weight excluding hydrogens is 466 g/mol. The normalized spacial score (nSPS) is 10.5. The van der Waals surface area contributed by atoms with Crippen LogP contribution < -0.4 is 5.32 Å². The fourth-order valence-electron chi connectivity index (χ4n) is 2.04. The van der Waals surface area contributed by atoms with Gasteiger partial charge in [0, 0.05) is 20.2 Å². The summed E-state index contributed by atoms with van der Waals surface area (Å²) in [5.41, 5.74) is 2.57. The highest BCUT2D eigenvalue weighted by Gasteiger charge is 2.06. The van der Waals surface area contributed by atoms with Crippen LogP contribution in [0.5, 0.6) is 0 Å². The van der Waals surface area contributed by atoms with Crippen molar-refractivity contribution in [2.24, 2.45) is 0 Å². The van der Waals surface area contributed by atoms with Gasteiger partial charge in [-0.05, 0) is 48.5 Å². The summed E-state index contributed by atoms with van der Waals surface area (Å²) < 4.78 is 1.99. The minimum Gasteiger partial charge on any atom is -0.325 e. The summed E-state index contributed by atoms with van der Waals surface area (Å²) in [6, 6.07) is 19.1. The molecule has 7 heteroatoms. The molecule has 25 heavy (non-hydrogen) atoms. The van der Waals surface area contributed by atoms with Crippen LogP contribution in [0.2, 0.25) is 0 Å². The van der Waals surface area contributed by atoms with Crippen molar-refractivity contribution in [3.63, 3.8) is 0 Å². The van der Waals surface area contributed by atoms with E-state index >= 15 is 0 Å². The van der Waals surface area contributed by atoms with E-state index in [-0.39, 0.29) is 11.7 Å². The first-order chi connectivity index (χ1) is 12.1. The molecule has 0 aliphatic rings. The second kappa shape index (κ2) is 8.60. The van der Waals surface area contributed by atoms with Crippen molar-refractivity contribution in [2.45, 2.75) is 5.03 Å². The number of benzene rings is 2. The molecule has 0 fully saturated rings. The molecular formula is C18H13Br2N3OS. The Balaban J connectivity index is 1.55. The Morgan fingerprint density at radius 1 is 0.880 bits per heavy atom. The van der Waals surface area contributed by atoms with Crippen LogP contribution in [0.1, 0.15) is 0 Å². The predicted molar refractivity (Wildman–Crippen MR) is 109 cm³/mol. The number of carbonyl (C=O) groups is 1. The van der Waals surface area contributed by atoms with Crippen molar-refractivity contribution in [2.75, 3.05) is 11.1 Å². The maximum absolute atomic E-state index is 12.0. The quantitative estimate of drug-likeness (QED) is 0.499. The lowest BCUT2D eigenvalue weighted by molar-refractivity contribution is -0.113. The Kier molecular flexibility index (Phi) is 6.23. The number of thioether (sulfide) groups is 1. The van der Waals surface area contributed by atoms with Crippen molar-refractivity contribution >= 4 is 55.2 Å². The molecule has 0 saturated carbocycles. The number of nitrogens with zero attached hydrogens (tertiary/aromatic N) is 2. The van der Waals surface area contributed by atoms with Crippen molar-refractivity contribution < 1.29 is 4.79 Å². The standard InChI is InChI=1S/C18H13Br2N3OS/c19-13-3-1-12(2-4-13)16-9-10-18(23-22-16)25-11-17(24)21-15-7-5-14(20)6-8-15/h1-10H,11H2,(H,21,24). The van der Waals surface area contributed by atoms with Gasteiger partial charge in [0.05, 0.1) is 11.4 Å². The smallest absolute Gasteiger partial charge is 0.234 e. The van der Waals surface area contributed by atoms with Crippen LogP contribution in [0.4, 0.5) is 5.69 Å². The number of amides is 1. The fourth-order valence-corrected chi connectivity index (χ4v) is 3.18. The first-order valence-electron chi connectivity index (χ1n) is 7.38. The number of anilines is 1. The van der Waals surface area contributed by atoms with E-state index in [2.05, 4.69) is 47.4 Å². The molecule has 2 aromatic carbocycles. The van der Waals surface area contributed by atoms with Gasteiger partial charge < -0.3 is 5.32 Å². The average Bonchev–Trinajstić information content (AvgIpc) is 2.63. The van der Waals surface area contributed by atoms with E-state index in [4.69, 9.17) is 0 Å². The second-order valence-electron chi connectivity index (χ2n) is 5.11. The minimum atomic E-state index is -0.0777. The third-order valence-corrected chi connectivity index (χ3v) is 5.24. The fraction of sp³-hybridized carbons (Fsp3) is 0.0556. The van der Waals surface area contributed by atoms with Crippen molar-refractivity contribution in [1.29, 1.82) is 0 Å². The molecule has 0 bridgehead atoms. The van der Waals surface area contributed by atoms with Gasteiger partial charge in [-0.3, -0.25) is 4.79 Å². The zero-order valence-electron chi connectivity index (χ0n) is 12.9. The molecule has 0 spiro atoms. The Hall–Kier alpha value is -1.70. The Bertz CT molecular complexity index is 853. The second-order valence-corrected chi connectivity index (χ2v) is 7.93. The Labute approximate surface area is 166 Å². The molecule has 3 aromatic rings. The van der Waals surface area contributed by atoms with E-state index in [1.807, 2.05) is 60.7 Å². The SMILES string of the molecule is O=C(CSc1ccc(-c2ccc(Br)cc2)nn1)Nc1ccc(Br)cc1. The number of nitrogens with one attached hydrogen (secondary N) is 1. The summed E-state index contributed by atoms with van der Waals surface area (Å²) in [4.78, 5) is 12.0. The first-order valence-corrected chi connectivity index (χ1v) is 9.95. The van der Waals surface area contributed by atoms with Crippen LogP contribution >= 0.6 is 43.6 Å². The van der Waals surface area contributed by atoms with Crippen molar-refractivity contribution in [3.8, 4) is 11.3 Å². The number of hydrogen-bond donors (Lipinski definition) is 1. The highest BCUT2D eigenvalue weighted by atomic mass is 79.9. The molecule has 0 atom stereocenters. The van der Waals surface area contributed by atoms with Crippen LogP contribution in [0.25, 0.3) is 11.3 Å². The summed E-state index contributed by atoms with van der Waals surface area (Å²) in [6.07, 6.45) is 0. The van der Waals surface area contributed by atoms with Crippen LogP contribution in [-0.2, 0) is 4.79 Å². The van der Waals surface area contributed by atoms with Crippen molar-refractivity contribution in [3.05, 3.63) is 69.6 Å². The molecule has 126 valence electrons. The zero-order valence-corrected chi connectivity index (χ0v) is 16.9.